The minimum absolute atomic E-state index is 0.0445. The van der Waals surface area contributed by atoms with Gasteiger partial charge < -0.3 is 15.5 Å². The Morgan fingerprint density at radius 2 is 1.71 bits per heavy atom. The summed E-state index contributed by atoms with van der Waals surface area (Å²) in [6.45, 7) is 0.300. The Labute approximate surface area is 230 Å². The van der Waals surface area contributed by atoms with E-state index in [9.17, 15) is 18.4 Å². The molecule has 0 heterocycles. The van der Waals surface area contributed by atoms with Crippen molar-refractivity contribution in [2.24, 2.45) is 5.92 Å². The number of hydrogen-bond donors (Lipinski definition) is 2. The highest BCUT2D eigenvalue weighted by Crippen LogP contribution is 2.39. The van der Waals surface area contributed by atoms with Gasteiger partial charge in [0.2, 0.25) is 11.8 Å². The van der Waals surface area contributed by atoms with E-state index >= 15 is 0 Å². The first-order chi connectivity index (χ1) is 18.2. The van der Waals surface area contributed by atoms with Crippen LogP contribution >= 0.6 is 15.9 Å². The smallest absolute Gasteiger partial charge is 0.234 e. The molecule has 0 aromatic heterocycles. The fraction of sp³-hybridized carbons (Fsp3) is 0.333. The van der Waals surface area contributed by atoms with Crippen LogP contribution in [0.2, 0.25) is 0 Å². The molecule has 2 amide bonds. The number of carbonyl (C=O) groups excluding carboxylic acids is 2. The second kappa shape index (κ2) is 12.5. The molecular formula is C30H30BrF2N3O2. The highest BCUT2D eigenvalue weighted by Gasteiger charge is 2.37. The third-order valence-electron chi connectivity index (χ3n) is 6.85. The average Bonchev–Trinajstić information content (AvgIpc) is 2.88. The van der Waals surface area contributed by atoms with Crippen LogP contribution in [0.4, 0.5) is 8.78 Å². The lowest BCUT2D eigenvalue weighted by molar-refractivity contribution is -0.127. The molecule has 3 aromatic rings. The van der Waals surface area contributed by atoms with Crippen LogP contribution < -0.4 is 10.6 Å². The minimum atomic E-state index is -0.650. The van der Waals surface area contributed by atoms with Crippen LogP contribution in [0.3, 0.4) is 0 Å². The predicted molar refractivity (Wildman–Crippen MR) is 145 cm³/mol. The number of halogens is 3. The van der Waals surface area contributed by atoms with Gasteiger partial charge in [0.15, 0.2) is 5.82 Å². The van der Waals surface area contributed by atoms with Gasteiger partial charge in [0.25, 0.3) is 0 Å². The van der Waals surface area contributed by atoms with Crippen LogP contribution in [0, 0.1) is 29.7 Å². The summed E-state index contributed by atoms with van der Waals surface area (Å²) in [5.41, 5.74) is 2.19. The molecule has 0 radical (unpaired) electrons. The normalized spacial score (nSPS) is 19.2. The maximum absolute atomic E-state index is 13.8. The van der Waals surface area contributed by atoms with E-state index in [-0.39, 0.29) is 29.7 Å². The molecule has 8 heteroatoms. The molecule has 1 fully saturated rings. The zero-order chi connectivity index (χ0) is 27.2. The van der Waals surface area contributed by atoms with Gasteiger partial charge in [0.05, 0.1) is 12.6 Å². The predicted octanol–water partition coefficient (Wildman–Crippen LogP) is 5.16. The van der Waals surface area contributed by atoms with E-state index in [2.05, 4.69) is 38.7 Å². The molecule has 3 aromatic carbocycles. The Kier molecular flexibility index (Phi) is 9.13. The third kappa shape index (κ3) is 7.18. The lowest BCUT2D eigenvalue weighted by Crippen LogP contribution is -2.46. The lowest BCUT2D eigenvalue weighted by atomic mass is 9.73. The van der Waals surface area contributed by atoms with Crippen LogP contribution in [0.25, 0.3) is 0 Å². The van der Waals surface area contributed by atoms with Gasteiger partial charge in [0, 0.05) is 22.0 Å². The Morgan fingerprint density at radius 3 is 2.34 bits per heavy atom. The van der Waals surface area contributed by atoms with Gasteiger partial charge in [-0.15, -0.1) is 0 Å². The van der Waals surface area contributed by atoms with Crippen LogP contribution in [0.15, 0.2) is 65.1 Å². The first-order valence-corrected chi connectivity index (χ1v) is 13.3. The summed E-state index contributed by atoms with van der Waals surface area (Å²) < 4.78 is 28.1. The van der Waals surface area contributed by atoms with Crippen LogP contribution in [0.1, 0.15) is 47.9 Å². The second-order valence-corrected chi connectivity index (χ2v) is 10.9. The van der Waals surface area contributed by atoms with E-state index < -0.39 is 17.7 Å². The number of carbonyl (C=O) groups is 2. The zero-order valence-corrected chi connectivity index (χ0v) is 22.9. The number of amides is 2. The van der Waals surface area contributed by atoms with Crippen molar-refractivity contribution in [3.05, 3.63) is 106 Å². The van der Waals surface area contributed by atoms with Crippen LogP contribution in [-0.2, 0) is 9.59 Å². The molecule has 5 nitrogen and oxygen atoms in total. The molecule has 0 saturated heterocycles. The summed E-state index contributed by atoms with van der Waals surface area (Å²) in [4.78, 5) is 28.1. The fourth-order valence-electron chi connectivity index (χ4n) is 5.05. The van der Waals surface area contributed by atoms with Gasteiger partial charge in [-0.2, -0.15) is 4.39 Å². The molecule has 1 aliphatic rings. The van der Waals surface area contributed by atoms with Gasteiger partial charge in [0.1, 0.15) is 5.82 Å². The van der Waals surface area contributed by atoms with E-state index in [1.54, 1.807) is 18.2 Å². The number of hydrogen-bond acceptors (Lipinski definition) is 3. The van der Waals surface area contributed by atoms with Crippen molar-refractivity contribution in [1.82, 2.24) is 15.5 Å². The van der Waals surface area contributed by atoms with E-state index in [1.165, 1.54) is 18.2 Å². The number of likely N-dealkylation sites (N-methyl/N-ethyl adjacent to an activating group) is 1. The van der Waals surface area contributed by atoms with Crippen molar-refractivity contribution < 1.29 is 18.4 Å². The largest absolute Gasteiger partial charge is 0.352 e. The molecule has 0 spiro atoms. The summed E-state index contributed by atoms with van der Waals surface area (Å²) in [5, 5.41) is 6.23. The number of rotatable bonds is 8. The van der Waals surface area contributed by atoms with E-state index in [0.29, 0.717) is 36.9 Å². The molecule has 38 heavy (non-hydrogen) atoms. The number of benzene rings is 2. The number of nitrogens with zero attached hydrogens (tertiary/aromatic N) is 1. The molecule has 1 aliphatic carbocycles. The van der Waals surface area contributed by atoms with Crippen molar-refractivity contribution in [3.8, 4) is 0 Å². The third-order valence-corrected chi connectivity index (χ3v) is 7.38. The fourth-order valence-corrected chi connectivity index (χ4v) is 5.31. The minimum Gasteiger partial charge on any atom is -0.352 e. The highest BCUT2D eigenvalue weighted by atomic mass is 79.9. The molecule has 2 N–H and O–H groups in total. The first kappa shape index (κ1) is 27.7. The molecule has 198 valence electrons. The molecule has 0 aliphatic heterocycles. The zero-order valence-electron chi connectivity index (χ0n) is 21.3. The Morgan fingerprint density at radius 1 is 1.00 bits per heavy atom. The molecule has 3 unspecified atom stereocenters. The van der Waals surface area contributed by atoms with Crippen molar-refractivity contribution >= 4 is 27.7 Å². The van der Waals surface area contributed by atoms with Crippen LogP contribution in [0.5, 0.6) is 0 Å². The van der Waals surface area contributed by atoms with Crippen molar-refractivity contribution in [2.75, 3.05) is 20.6 Å². The van der Waals surface area contributed by atoms with Crippen LogP contribution in [-0.4, -0.2) is 43.4 Å². The van der Waals surface area contributed by atoms with Crippen molar-refractivity contribution in [3.63, 3.8) is 0 Å². The standard InChI is InChI=1S/C30H30BrF2N3O2/c1-36(2)18-28(37)34-25-15-16-26(27(17-25)19-3-9-22(31)10-4-19)30(38)35-29(20-5-11-23(32)12-6-20)21-7-13-24(33)14-8-21/h3-7,9-13,25-27,29H,15-18H2,1-2H3,(H,34,37)(H,35,38)/t25?,26-,27?,29?/m1/s1. The Hall–Kier alpha value is -3.28. The first-order valence-electron chi connectivity index (χ1n) is 12.5. The van der Waals surface area contributed by atoms with Gasteiger partial charge in [-0.05, 0) is 92.9 Å². The average molecular weight is 582 g/mol. The summed E-state index contributed by atoms with van der Waals surface area (Å²) in [7, 11) is 3.69. The van der Waals surface area contributed by atoms with Crippen molar-refractivity contribution in [2.45, 2.75) is 37.3 Å². The van der Waals surface area contributed by atoms with E-state index in [4.69, 9.17) is 0 Å². The highest BCUT2D eigenvalue weighted by molar-refractivity contribution is 9.10. The van der Waals surface area contributed by atoms with Gasteiger partial charge in [-0.3, -0.25) is 9.59 Å². The topological polar surface area (TPSA) is 61.4 Å². The summed E-state index contributed by atoms with van der Waals surface area (Å²) >= 11 is 3.47. The lowest BCUT2D eigenvalue weighted by Gasteiger charge is -2.37. The number of nitrogens with one attached hydrogen (secondary N) is 2. The molecule has 0 bridgehead atoms. The summed E-state index contributed by atoms with van der Waals surface area (Å²) in [6, 6.07) is 21.1. The SMILES string of the molecule is CN(C)CC(=O)NC1CC[C@@H](C(=O)NC(c2c#cc(F)cc2)c2ccc(F)cc2)C(c2ccc(Br)cc2)C1. The summed E-state index contributed by atoms with van der Waals surface area (Å²) in [6.07, 6.45) is 1.87. The van der Waals surface area contributed by atoms with E-state index in [0.717, 1.165) is 10.0 Å². The second-order valence-electron chi connectivity index (χ2n) is 9.96. The maximum Gasteiger partial charge on any atom is 0.234 e. The van der Waals surface area contributed by atoms with E-state index in [1.807, 2.05) is 43.3 Å². The Bertz CT molecular complexity index is 1190. The Balaban J connectivity index is 1.59. The quantitative estimate of drug-likeness (QED) is 0.386. The summed E-state index contributed by atoms with van der Waals surface area (Å²) in [5.74, 6) is -1.63. The molecule has 1 saturated carbocycles. The molecule has 4 atom stereocenters. The molecular weight excluding hydrogens is 552 g/mol. The maximum atomic E-state index is 13.8. The van der Waals surface area contributed by atoms with Crippen molar-refractivity contribution in [1.29, 1.82) is 0 Å². The van der Waals surface area contributed by atoms with Gasteiger partial charge >= 0.3 is 0 Å². The van der Waals surface area contributed by atoms with Gasteiger partial charge in [-0.25, -0.2) is 4.39 Å². The van der Waals surface area contributed by atoms with Gasteiger partial charge in [-0.1, -0.05) is 46.3 Å². The molecule has 4 rings (SSSR count). The monoisotopic (exact) mass is 581 g/mol.